The number of piperidine rings is 1. The fourth-order valence-corrected chi connectivity index (χ4v) is 5.22. The van der Waals surface area contributed by atoms with Gasteiger partial charge in [0.05, 0.1) is 11.9 Å². The maximum absolute atomic E-state index is 6.58. The van der Waals surface area contributed by atoms with Crippen molar-refractivity contribution < 1.29 is 0 Å². The van der Waals surface area contributed by atoms with E-state index in [-0.39, 0.29) is 6.17 Å². The number of nitrogens with one attached hydrogen (secondary N) is 1. The molecule has 4 aliphatic rings. The molecule has 30 heavy (non-hydrogen) atoms. The van der Waals surface area contributed by atoms with Crippen LogP contribution in [0.2, 0.25) is 0 Å². The quantitative estimate of drug-likeness (QED) is 0.662. The molecule has 0 amide bonds. The molecule has 0 aromatic carbocycles. The summed E-state index contributed by atoms with van der Waals surface area (Å²) in [6, 6.07) is 0. The Bertz CT molecular complexity index is 897. The Balaban J connectivity index is 1.33. The first-order valence-corrected chi connectivity index (χ1v) is 11.9. The van der Waals surface area contributed by atoms with E-state index in [4.69, 9.17) is 21.7 Å². The maximum atomic E-state index is 6.58. The van der Waals surface area contributed by atoms with Crippen LogP contribution in [0.4, 0.5) is 5.82 Å². The van der Waals surface area contributed by atoms with Crippen molar-refractivity contribution in [1.29, 1.82) is 0 Å². The molecule has 1 aromatic heterocycles. The Morgan fingerprint density at radius 1 is 1.23 bits per heavy atom. The van der Waals surface area contributed by atoms with Gasteiger partial charge in [0.15, 0.2) is 5.82 Å². The molecule has 1 atom stereocenters. The fraction of sp³-hybridized carbons (Fsp3) is 0.583. The first-order valence-electron chi connectivity index (χ1n) is 11.5. The van der Waals surface area contributed by atoms with E-state index < -0.39 is 0 Å². The van der Waals surface area contributed by atoms with Gasteiger partial charge < -0.3 is 4.90 Å². The molecular formula is C24H32ClN5. The molecule has 5 rings (SSSR count). The summed E-state index contributed by atoms with van der Waals surface area (Å²) in [7, 11) is 0. The highest BCUT2D eigenvalue weighted by atomic mass is 35.5. The van der Waals surface area contributed by atoms with Gasteiger partial charge in [-0.15, -0.1) is 0 Å². The van der Waals surface area contributed by atoms with Crippen molar-refractivity contribution >= 4 is 23.1 Å². The topological polar surface area (TPSA) is 45.4 Å². The average Bonchev–Trinajstić information content (AvgIpc) is 3.52. The molecule has 1 aromatic rings. The molecule has 0 radical (unpaired) electrons. The zero-order chi connectivity index (χ0) is 20.5. The predicted octanol–water partition coefficient (Wildman–Crippen LogP) is 5.41. The van der Waals surface area contributed by atoms with Crippen LogP contribution < -0.4 is 5.32 Å². The molecule has 160 valence electrons. The van der Waals surface area contributed by atoms with Crippen LogP contribution in [0, 0.1) is 5.92 Å². The van der Waals surface area contributed by atoms with E-state index in [2.05, 4.69) is 46.4 Å². The normalized spacial score (nSPS) is 25.2. The minimum atomic E-state index is 0.163. The van der Waals surface area contributed by atoms with Gasteiger partial charge in [-0.3, -0.25) is 5.32 Å². The summed E-state index contributed by atoms with van der Waals surface area (Å²) in [5.74, 6) is 2.42. The summed E-state index contributed by atoms with van der Waals surface area (Å²) in [6.45, 7) is 5.44. The summed E-state index contributed by atoms with van der Waals surface area (Å²) in [5, 5.41) is 9.47. The number of allylic oxidation sites excluding steroid dienone is 5. The summed E-state index contributed by atoms with van der Waals surface area (Å²) < 4.78 is 2.14. The Morgan fingerprint density at radius 3 is 2.80 bits per heavy atom. The Labute approximate surface area is 184 Å². The smallest absolute Gasteiger partial charge is 0.155 e. The van der Waals surface area contributed by atoms with Crippen LogP contribution in [0.1, 0.15) is 69.5 Å². The van der Waals surface area contributed by atoms with Crippen molar-refractivity contribution in [3.8, 4) is 0 Å². The second-order valence-electron chi connectivity index (χ2n) is 9.06. The maximum Gasteiger partial charge on any atom is 0.155 e. The van der Waals surface area contributed by atoms with Crippen molar-refractivity contribution in [1.82, 2.24) is 20.0 Å². The SMILES string of the molecule is C/C=C/N1CCC(CNC2CC(C3=C(Cl)C=CCC3)=Nc3c(C4CC4)cnn32)CC1. The van der Waals surface area contributed by atoms with E-state index in [0.717, 1.165) is 61.4 Å². The van der Waals surface area contributed by atoms with E-state index in [9.17, 15) is 0 Å². The number of fused-ring (bicyclic) bond motifs is 1. The largest absolute Gasteiger partial charge is 0.378 e. The van der Waals surface area contributed by atoms with Gasteiger partial charge in [-0.05, 0) is 75.1 Å². The molecule has 2 aliphatic heterocycles. The van der Waals surface area contributed by atoms with Gasteiger partial charge in [-0.1, -0.05) is 23.8 Å². The standard InChI is InChI=1S/C24H32ClN5/c1-2-11-29-12-9-17(10-13-29)15-26-23-14-22(19-5-3-4-6-21(19)25)28-24-20(18-7-8-18)16-27-30(23)24/h2,4,6,11,16-18,23,26H,3,5,7-10,12-15H2,1H3/b11-2+. The third-order valence-corrected chi connectivity index (χ3v) is 7.20. The first kappa shape index (κ1) is 20.1. The van der Waals surface area contributed by atoms with Crippen LogP contribution in [0.15, 0.2) is 46.2 Å². The Kier molecular flexibility index (Phi) is 5.83. The molecule has 2 fully saturated rings. The lowest BCUT2D eigenvalue weighted by Crippen LogP contribution is -2.39. The second kappa shape index (κ2) is 8.72. The summed E-state index contributed by atoms with van der Waals surface area (Å²) >= 11 is 6.58. The molecule has 1 unspecified atom stereocenters. The highest BCUT2D eigenvalue weighted by Gasteiger charge is 2.34. The van der Waals surface area contributed by atoms with Gasteiger partial charge in [0, 0.05) is 36.7 Å². The van der Waals surface area contributed by atoms with Crippen LogP contribution in [0.5, 0.6) is 0 Å². The monoisotopic (exact) mass is 425 g/mol. The number of nitrogens with zero attached hydrogens (tertiary/aromatic N) is 4. The third kappa shape index (κ3) is 4.15. The van der Waals surface area contributed by atoms with Gasteiger partial charge in [-0.25, -0.2) is 9.67 Å². The molecule has 1 saturated carbocycles. The molecule has 5 nitrogen and oxygen atoms in total. The van der Waals surface area contributed by atoms with Crippen LogP contribution in [-0.2, 0) is 0 Å². The van der Waals surface area contributed by atoms with Crippen LogP contribution in [0.25, 0.3) is 0 Å². The Morgan fingerprint density at radius 2 is 2.07 bits per heavy atom. The fourth-order valence-electron chi connectivity index (χ4n) is 4.92. The lowest BCUT2D eigenvalue weighted by atomic mass is 9.95. The van der Waals surface area contributed by atoms with E-state index in [1.165, 1.54) is 36.8 Å². The summed E-state index contributed by atoms with van der Waals surface area (Å²) in [4.78, 5) is 7.53. The highest BCUT2D eigenvalue weighted by molar-refractivity contribution is 6.34. The number of halogens is 1. The number of hydrogen-bond acceptors (Lipinski definition) is 4. The van der Waals surface area contributed by atoms with Gasteiger partial charge >= 0.3 is 0 Å². The molecule has 0 bridgehead atoms. The van der Waals surface area contributed by atoms with Crippen molar-refractivity contribution in [3.05, 3.63) is 46.8 Å². The van der Waals surface area contributed by atoms with Crippen LogP contribution in [-0.4, -0.2) is 40.0 Å². The van der Waals surface area contributed by atoms with E-state index >= 15 is 0 Å². The van der Waals surface area contributed by atoms with Gasteiger partial charge in [-0.2, -0.15) is 5.10 Å². The van der Waals surface area contributed by atoms with Gasteiger partial charge in [0.25, 0.3) is 0 Å². The third-order valence-electron chi connectivity index (χ3n) is 6.85. The molecule has 3 heterocycles. The minimum Gasteiger partial charge on any atom is -0.378 e. The average molecular weight is 426 g/mol. The van der Waals surface area contributed by atoms with Crippen molar-refractivity contribution in [2.45, 2.75) is 64.0 Å². The van der Waals surface area contributed by atoms with Gasteiger partial charge in [0.2, 0.25) is 0 Å². The zero-order valence-electron chi connectivity index (χ0n) is 17.9. The molecule has 0 spiro atoms. The Hall–Kier alpha value is -1.85. The van der Waals surface area contributed by atoms with E-state index in [0.29, 0.717) is 5.92 Å². The van der Waals surface area contributed by atoms with E-state index in [1.54, 1.807) is 0 Å². The minimum absolute atomic E-state index is 0.163. The van der Waals surface area contributed by atoms with Crippen LogP contribution >= 0.6 is 11.6 Å². The molecule has 6 heteroatoms. The molecule has 2 aliphatic carbocycles. The second-order valence-corrected chi connectivity index (χ2v) is 9.47. The summed E-state index contributed by atoms with van der Waals surface area (Å²) in [5.41, 5.74) is 3.70. The predicted molar refractivity (Wildman–Crippen MR) is 123 cm³/mol. The number of hydrogen-bond donors (Lipinski definition) is 1. The lowest BCUT2D eigenvalue weighted by Gasteiger charge is -2.33. The number of aliphatic imine (C=N–C) groups is 1. The lowest BCUT2D eigenvalue weighted by molar-refractivity contribution is 0.225. The first-order chi connectivity index (χ1) is 14.7. The highest BCUT2D eigenvalue weighted by Crippen LogP contribution is 2.46. The van der Waals surface area contributed by atoms with Crippen molar-refractivity contribution in [2.75, 3.05) is 19.6 Å². The number of rotatable bonds is 6. The van der Waals surface area contributed by atoms with Gasteiger partial charge in [0.1, 0.15) is 6.17 Å². The number of likely N-dealkylation sites (tertiary alicyclic amines) is 1. The molecular weight excluding hydrogens is 394 g/mol. The molecule has 1 N–H and O–H groups in total. The zero-order valence-corrected chi connectivity index (χ0v) is 18.6. The number of aromatic nitrogens is 2. The van der Waals surface area contributed by atoms with Crippen molar-refractivity contribution in [3.63, 3.8) is 0 Å². The van der Waals surface area contributed by atoms with E-state index in [1.807, 2.05) is 6.08 Å². The van der Waals surface area contributed by atoms with Crippen LogP contribution in [0.3, 0.4) is 0 Å². The summed E-state index contributed by atoms with van der Waals surface area (Å²) in [6.07, 6.45) is 18.7. The molecule has 1 saturated heterocycles. The van der Waals surface area contributed by atoms with Crippen molar-refractivity contribution in [2.24, 2.45) is 10.9 Å².